The number of alkyl halides is 3. The van der Waals surface area contributed by atoms with Gasteiger partial charge in [-0.05, 0) is 43.8 Å². The monoisotopic (exact) mass is 460 g/mol. The number of hydrogen-bond donors (Lipinski definition) is 1. The number of aryl methyl sites for hydroxylation is 1. The largest absolute Gasteiger partial charge is 0.408 e. The Balaban J connectivity index is 2.33. The first kappa shape index (κ1) is 23.9. The van der Waals surface area contributed by atoms with Crippen molar-refractivity contribution in [2.75, 3.05) is 23.5 Å². The topological polar surface area (TPSA) is 83.4 Å². The molecule has 0 aromatic carbocycles. The summed E-state index contributed by atoms with van der Waals surface area (Å²) in [6.45, 7) is 2.64. The highest BCUT2D eigenvalue weighted by molar-refractivity contribution is 7.98. The molecule has 0 aliphatic carbocycles. The maximum atomic E-state index is 13.2. The predicted molar refractivity (Wildman–Crippen MR) is 113 cm³/mol. The van der Waals surface area contributed by atoms with Gasteiger partial charge in [0, 0.05) is 18.1 Å². The Hall–Kier alpha value is -2.40. The average molecular weight is 461 g/mol. The fourth-order valence-corrected chi connectivity index (χ4v) is 2.92. The molecular weight excluding hydrogens is 441 g/mol. The molecule has 2 aromatic rings. The molecule has 0 radical (unpaired) electrons. The van der Waals surface area contributed by atoms with Crippen LogP contribution in [-0.4, -0.2) is 52.6 Å². The lowest BCUT2D eigenvalue weighted by molar-refractivity contribution is -0.144. The smallest absolute Gasteiger partial charge is 0.346 e. The Morgan fingerprint density at radius 3 is 2.63 bits per heavy atom. The van der Waals surface area contributed by atoms with Crippen LogP contribution in [0.2, 0.25) is 5.28 Å². The summed E-state index contributed by atoms with van der Waals surface area (Å²) >= 11 is 7.40. The van der Waals surface area contributed by atoms with Crippen LogP contribution in [0.1, 0.15) is 18.3 Å². The number of thioether (sulfide) groups is 1. The summed E-state index contributed by atoms with van der Waals surface area (Å²) in [6.07, 6.45) is -0.421. The quantitative estimate of drug-likeness (QED) is 0.218. The third kappa shape index (κ3) is 6.05. The van der Waals surface area contributed by atoms with E-state index in [-0.39, 0.29) is 34.9 Å². The molecule has 1 unspecified atom stereocenters. The number of anilines is 2. The van der Waals surface area contributed by atoms with Crippen molar-refractivity contribution < 1.29 is 18.0 Å². The van der Waals surface area contributed by atoms with Crippen molar-refractivity contribution in [2.45, 2.75) is 37.5 Å². The zero-order valence-corrected chi connectivity index (χ0v) is 18.2. The second kappa shape index (κ2) is 10.1. The Bertz CT molecular complexity index is 923. The van der Waals surface area contributed by atoms with Crippen molar-refractivity contribution in [3.05, 3.63) is 35.0 Å². The van der Waals surface area contributed by atoms with Gasteiger partial charge in [-0.3, -0.25) is 14.8 Å². The van der Waals surface area contributed by atoms with Crippen molar-refractivity contribution in [1.29, 1.82) is 0 Å². The average Bonchev–Trinajstić information content (AvgIpc) is 2.70. The van der Waals surface area contributed by atoms with Crippen LogP contribution in [-0.2, 0) is 11.3 Å². The van der Waals surface area contributed by atoms with Gasteiger partial charge in [0.1, 0.15) is 11.7 Å². The molecule has 30 heavy (non-hydrogen) atoms. The number of aldehydes is 1. The van der Waals surface area contributed by atoms with Gasteiger partial charge < -0.3 is 10.2 Å². The van der Waals surface area contributed by atoms with Gasteiger partial charge in [0.25, 0.3) is 0 Å². The van der Waals surface area contributed by atoms with E-state index < -0.39 is 12.2 Å². The minimum atomic E-state index is -4.49. The van der Waals surface area contributed by atoms with E-state index >= 15 is 0 Å². The standard InChI is InChI=1S/C18H20ClF3N6OS/c1-10-15(16(27-17(19)25-10)28(3)11(2)18(20,21)22)26-14(9-29)24-7-12-5-6-13(30-4)8-23-12/h5-6,8-9,11H,7H2,1-4H3,(H,24,26). The lowest BCUT2D eigenvalue weighted by atomic mass is 10.2. The van der Waals surface area contributed by atoms with Crippen LogP contribution >= 0.6 is 23.4 Å². The van der Waals surface area contributed by atoms with Crippen molar-refractivity contribution in [2.24, 2.45) is 4.99 Å². The fourth-order valence-electron chi connectivity index (χ4n) is 2.35. The fraction of sp³-hybridized carbons (Fsp3) is 0.389. The Kier molecular flexibility index (Phi) is 8.02. The SMILES string of the molecule is CSc1ccc(CN=C(C=O)Nc2c(C)nc(Cl)nc2N(C)C(C)C(F)(F)F)nc1. The number of rotatable bonds is 7. The van der Waals surface area contributed by atoms with Crippen molar-refractivity contribution in [1.82, 2.24) is 15.0 Å². The van der Waals surface area contributed by atoms with Crippen LogP contribution in [0.5, 0.6) is 0 Å². The van der Waals surface area contributed by atoms with Crippen LogP contribution in [0.3, 0.4) is 0 Å². The molecule has 0 spiro atoms. The minimum Gasteiger partial charge on any atom is -0.346 e. The highest BCUT2D eigenvalue weighted by atomic mass is 35.5. The van der Waals surface area contributed by atoms with Crippen molar-refractivity contribution in [3.63, 3.8) is 0 Å². The first-order valence-corrected chi connectivity index (χ1v) is 10.3. The van der Waals surface area contributed by atoms with E-state index in [1.54, 1.807) is 24.0 Å². The number of aliphatic imine (C=N–C) groups is 1. The molecule has 2 aromatic heterocycles. The van der Waals surface area contributed by atoms with Gasteiger partial charge in [0.05, 0.1) is 17.9 Å². The van der Waals surface area contributed by atoms with Crippen LogP contribution in [0.25, 0.3) is 0 Å². The van der Waals surface area contributed by atoms with E-state index in [9.17, 15) is 18.0 Å². The Morgan fingerprint density at radius 2 is 2.10 bits per heavy atom. The summed E-state index contributed by atoms with van der Waals surface area (Å²) in [4.78, 5) is 29.7. The second-order valence-corrected chi connectivity index (χ2v) is 7.46. The van der Waals surface area contributed by atoms with Crippen molar-refractivity contribution in [3.8, 4) is 0 Å². The lowest BCUT2D eigenvalue weighted by Gasteiger charge is -2.29. The second-order valence-electron chi connectivity index (χ2n) is 6.24. The van der Waals surface area contributed by atoms with Gasteiger partial charge >= 0.3 is 6.18 Å². The van der Waals surface area contributed by atoms with E-state index in [1.165, 1.54) is 14.0 Å². The normalized spacial score (nSPS) is 13.1. The zero-order valence-electron chi connectivity index (χ0n) is 16.7. The summed E-state index contributed by atoms with van der Waals surface area (Å²) in [5.74, 6) is -0.205. The molecule has 12 heteroatoms. The predicted octanol–water partition coefficient (Wildman–Crippen LogP) is 4.15. The third-order valence-corrected chi connectivity index (χ3v) is 5.12. The van der Waals surface area contributed by atoms with Crippen LogP contribution in [0.4, 0.5) is 24.7 Å². The van der Waals surface area contributed by atoms with E-state index in [0.29, 0.717) is 12.0 Å². The van der Waals surface area contributed by atoms with Gasteiger partial charge in [-0.1, -0.05) is 0 Å². The molecule has 0 fully saturated rings. The highest BCUT2D eigenvalue weighted by Crippen LogP contribution is 2.33. The molecule has 1 atom stereocenters. The molecule has 0 amide bonds. The molecule has 0 aliphatic heterocycles. The summed E-state index contributed by atoms with van der Waals surface area (Å²) in [7, 11) is 1.23. The molecule has 0 saturated heterocycles. The number of nitrogens with one attached hydrogen (secondary N) is 1. The molecule has 2 heterocycles. The number of nitrogens with zero attached hydrogens (tertiary/aromatic N) is 5. The Labute approximate surface area is 181 Å². The van der Waals surface area contributed by atoms with Crippen LogP contribution < -0.4 is 10.2 Å². The molecular formula is C18H20ClF3N6OS. The molecule has 0 saturated carbocycles. The van der Waals surface area contributed by atoms with E-state index in [4.69, 9.17) is 11.6 Å². The van der Waals surface area contributed by atoms with Gasteiger partial charge in [0.15, 0.2) is 17.9 Å². The zero-order chi connectivity index (χ0) is 22.5. The number of carbonyl (C=O) groups is 1. The van der Waals surface area contributed by atoms with Crippen LogP contribution in [0, 0.1) is 6.92 Å². The summed E-state index contributed by atoms with van der Waals surface area (Å²) in [5, 5.41) is 2.52. The molecule has 0 bridgehead atoms. The van der Waals surface area contributed by atoms with Gasteiger partial charge in [-0.15, -0.1) is 11.8 Å². The summed E-state index contributed by atoms with van der Waals surface area (Å²) in [5.41, 5.74) is 0.999. The summed E-state index contributed by atoms with van der Waals surface area (Å²) in [6, 6.07) is 1.80. The van der Waals surface area contributed by atoms with E-state index in [0.717, 1.165) is 16.7 Å². The molecule has 7 nitrogen and oxygen atoms in total. The number of pyridine rings is 1. The molecule has 162 valence electrons. The first-order valence-electron chi connectivity index (χ1n) is 8.66. The van der Waals surface area contributed by atoms with Crippen LogP contribution in [0.15, 0.2) is 28.2 Å². The minimum absolute atomic E-state index is 0.102. The summed E-state index contributed by atoms with van der Waals surface area (Å²) < 4.78 is 39.5. The van der Waals surface area contributed by atoms with Gasteiger partial charge in [-0.25, -0.2) is 4.98 Å². The molecule has 0 aliphatic rings. The molecule has 2 rings (SSSR count). The maximum absolute atomic E-state index is 13.2. The van der Waals surface area contributed by atoms with E-state index in [1.807, 2.05) is 12.3 Å². The van der Waals surface area contributed by atoms with Crippen molar-refractivity contribution >= 4 is 47.0 Å². The Morgan fingerprint density at radius 1 is 1.40 bits per heavy atom. The number of hydrogen-bond acceptors (Lipinski definition) is 7. The number of amidine groups is 1. The van der Waals surface area contributed by atoms with E-state index in [2.05, 4.69) is 25.3 Å². The first-order chi connectivity index (χ1) is 14.1. The number of carbonyl (C=O) groups excluding carboxylic acids is 1. The lowest BCUT2D eigenvalue weighted by Crippen LogP contribution is -2.42. The third-order valence-electron chi connectivity index (χ3n) is 4.24. The highest BCUT2D eigenvalue weighted by Gasteiger charge is 2.40. The maximum Gasteiger partial charge on any atom is 0.408 e. The van der Waals surface area contributed by atoms with Gasteiger partial charge in [0.2, 0.25) is 5.28 Å². The number of aromatic nitrogens is 3. The van der Waals surface area contributed by atoms with Gasteiger partial charge in [-0.2, -0.15) is 18.2 Å². The number of halogens is 4. The molecule has 1 N–H and O–H groups in total.